The van der Waals surface area contributed by atoms with Crippen molar-refractivity contribution >= 4 is 0 Å². The van der Waals surface area contributed by atoms with Gasteiger partial charge >= 0.3 is 0 Å². The van der Waals surface area contributed by atoms with Crippen LogP contribution in [0.3, 0.4) is 0 Å². The Morgan fingerprint density at radius 3 is 2.38 bits per heavy atom. The molecule has 2 N–H and O–H groups in total. The van der Waals surface area contributed by atoms with Crippen molar-refractivity contribution in [1.82, 2.24) is 15.0 Å². The molecule has 1 unspecified atom stereocenters. The minimum atomic E-state index is -0.170. The van der Waals surface area contributed by atoms with Crippen LogP contribution in [0, 0.1) is 0 Å². The van der Waals surface area contributed by atoms with Gasteiger partial charge in [-0.3, -0.25) is 0 Å². The van der Waals surface area contributed by atoms with Gasteiger partial charge in [-0.15, -0.1) is 0 Å². The van der Waals surface area contributed by atoms with E-state index in [1.165, 1.54) is 0 Å². The summed E-state index contributed by atoms with van der Waals surface area (Å²) in [6.45, 7) is 11.0. The number of hydrogen-bond donors (Lipinski definition) is 1. The molecule has 16 heavy (non-hydrogen) atoms. The standard InChI is InChI=1S/C11H22N4O/c1-5-15(6-2)7-9(12)10-13-11(8(3)4)16-14-10/h8-9H,5-7,12H2,1-4H3. The van der Waals surface area contributed by atoms with Crippen LogP contribution in [-0.4, -0.2) is 34.7 Å². The number of nitrogens with two attached hydrogens (primary N) is 1. The number of aromatic nitrogens is 2. The van der Waals surface area contributed by atoms with Gasteiger partial charge in [0.05, 0.1) is 6.04 Å². The predicted molar refractivity (Wildman–Crippen MR) is 63.1 cm³/mol. The molecule has 1 aromatic heterocycles. The molecule has 0 saturated carbocycles. The SMILES string of the molecule is CCN(CC)CC(N)c1noc(C(C)C)n1. The van der Waals surface area contributed by atoms with Gasteiger partial charge in [-0.1, -0.05) is 32.9 Å². The van der Waals surface area contributed by atoms with Crippen molar-refractivity contribution in [1.29, 1.82) is 0 Å². The van der Waals surface area contributed by atoms with Gasteiger partial charge in [-0.2, -0.15) is 4.98 Å². The van der Waals surface area contributed by atoms with Crippen molar-refractivity contribution in [3.8, 4) is 0 Å². The summed E-state index contributed by atoms with van der Waals surface area (Å²) in [4.78, 5) is 6.55. The lowest BCUT2D eigenvalue weighted by atomic mass is 10.2. The van der Waals surface area contributed by atoms with E-state index in [0.717, 1.165) is 19.6 Å². The number of rotatable bonds is 6. The minimum absolute atomic E-state index is 0.170. The summed E-state index contributed by atoms with van der Waals surface area (Å²) >= 11 is 0. The first-order chi connectivity index (χ1) is 7.58. The molecule has 0 fully saturated rings. The van der Waals surface area contributed by atoms with Gasteiger partial charge in [0.25, 0.3) is 0 Å². The molecule has 1 heterocycles. The van der Waals surface area contributed by atoms with Gasteiger partial charge in [0.2, 0.25) is 5.89 Å². The van der Waals surface area contributed by atoms with E-state index in [-0.39, 0.29) is 12.0 Å². The normalized spacial score (nSPS) is 13.7. The molecule has 0 bridgehead atoms. The Morgan fingerprint density at radius 1 is 1.31 bits per heavy atom. The zero-order valence-corrected chi connectivity index (χ0v) is 10.6. The summed E-state index contributed by atoms with van der Waals surface area (Å²) in [5.74, 6) is 1.52. The molecule has 0 aliphatic heterocycles. The second-order valence-electron chi connectivity index (χ2n) is 4.24. The highest BCUT2D eigenvalue weighted by Crippen LogP contribution is 2.14. The fraction of sp³-hybridized carbons (Fsp3) is 0.818. The van der Waals surface area contributed by atoms with Gasteiger partial charge in [0.15, 0.2) is 5.82 Å². The van der Waals surface area contributed by atoms with Gasteiger partial charge < -0.3 is 15.2 Å². The third-order valence-corrected chi connectivity index (χ3v) is 2.63. The zero-order valence-electron chi connectivity index (χ0n) is 10.6. The zero-order chi connectivity index (χ0) is 12.1. The summed E-state index contributed by atoms with van der Waals surface area (Å²) in [5.41, 5.74) is 6.03. The highest BCUT2D eigenvalue weighted by atomic mass is 16.5. The summed E-state index contributed by atoms with van der Waals surface area (Å²) < 4.78 is 5.14. The summed E-state index contributed by atoms with van der Waals surface area (Å²) in [6.07, 6.45) is 0. The van der Waals surface area contributed by atoms with Crippen molar-refractivity contribution in [2.24, 2.45) is 5.73 Å². The van der Waals surface area contributed by atoms with Crippen LogP contribution in [-0.2, 0) is 0 Å². The molecule has 0 aliphatic rings. The second kappa shape index (κ2) is 5.96. The Balaban J connectivity index is 2.61. The van der Waals surface area contributed by atoms with Crippen LogP contribution < -0.4 is 5.73 Å². The largest absolute Gasteiger partial charge is 0.339 e. The molecular formula is C11H22N4O. The topological polar surface area (TPSA) is 68.2 Å². The first-order valence-electron chi connectivity index (χ1n) is 5.89. The lowest BCUT2D eigenvalue weighted by Crippen LogP contribution is -2.32. The predicted octanol–water partition coefficient (Wildman–Crippen LogP) is 1.53. The van der Waals surface area contributed by atoms with E-state index < -0.39 is 0 Å². The van der Waals surface area contributed by atoms with Crippen LogP contribution in [0.5, 0.6) is 0 Å². The molecule has 0 saturated heterocycles. The summed E-state index contributed by atoms with van der Waals surface area (Å²) in [6, 6.07) is -0.170. The fourth-order valence-corrected chi connectivity index (χ4v) is 1.47. The Labute approximate surface area is 97.0 Å². The molecule has 0 spiro atoms. The van der Waals surface area contributed by atoms with Crippen LogP contribution in [0.4, 0.5) is 0 Å². The molecule has 92 valence electrons. The highest BCUT2D eigenvalue weighted by Gasteiger charge is 2.17. The van der Waals surface area contributed by atoms with Crippen LogP contribution in [0.2, 0.25) is 0 Å². The average molecular weight is 226 g/mol. The molecular weight excluding hydrogens is 204 g/mol. The Morgan fingerprint density at radius 2 is 1.94 bits per heavy atom. The molecule has 1 rings (SSSR count). The van der Waals surface area contributed by atoms with Crippen molar-refractivity contribution in [3.05, 3.63) is 11.7 Å². The van der Waals surface area contributed by atoms with Gasteiger partial charge in [-0.25, -0.2) is 0 Å². The van der Waals surface area contributed by atoms with E-state index in [4.69, 9.17) is 10.3 Å². The molecule has 1 atom stereocenters. The third-order valence-electron chi connectivity index (χ3n) is 2.63. The summed E-state index contributed by atoms with van der Waals surface area (Å²) in [7, 11) is 0. The van der Waals surface area contributed by atoms with Crippen LogP contribution in [0.1, 0.15) is 51.4 Å². The quantitative estimate of drug-likeness (QED) is 0.796. The van der Waals surface area contributed by atoms with Gasteiger partial charge in [0, 0.05) is 12.5 Å². The fourth-order valence-electron chi connectivity index (χ4n) is 1.47. The monoisotopic (exact) mass is 226 g/mol. The number of hydrogen-bond acceptors (Lipinski definition) is 5. The van der Waals surface area contributed by atoms with E-state index in [2.05, 4.69) is 28.9 Å². The van der Waals surface area contributed by atoms with Crippen LogP contribution in [0.15, 0.2) is 4.52 Å². The number of likely N-dealkylation sites (N-methyl/N-ethyl adjacent to an activating group) is 1. The molecule has 5 heteroatoms. The molecule has 0 amide bonds. The minimum Gasteiger partial charge on any atom is -0.339 e. The van der Waals surface area contributed by atoms with E-state index in [1.807, 2.05) is 13.8 Å². The first-order valence-corrected chi connectivity index (χ1v) is 5.89. The van der Waals surface area contributed by atoms with Crippen molar-refractivity contribution < 1.29 is 4.52 Å². The van der Waals surface area contributed by atoms with Gasteiger partial charge in [0.1, 0.15) is 0 Å². The lowest BCUT2D eigenvalue weighted by Gasteiger charge is -2.20. The molecule has 0 radical (unpaired) electrons. The molecule has 5 nitrogen and oxygen atoms in total. The Kier molecular flexibility index (Phi) is 4.89. The molecule has 0 aliphatic carbocycles. The maximum Gasteiger partial charge on any atom is 0.229 e. The number of nitrogens with zero attached hydrogens (tertiary/aromatic N) is 3. The van der Waals surface area contributed by atoms with Crippen LogP contribution >= 0.6 is 0 Å². The van der Waals surface area contributed by atoms with E-state index in [1.54, 1.807) is 0 Å². The molecule has 1 aromatic rings. The van der Waals surface area contributed by atoms with Crippen molar-refractivity contribution in [2.45, 2.75) is 39.7 Å². The Bertz CT molecular complexity index is 307. The second-order valence-corrected chi connectivity index (χ2v) is 4.24. The molecule has 0 aromatic carbocycles. The maximum absolute atomic E-state index is 6.03. The average Bonchev–Trinajstić information content (AvgIpc) is 2.74. The third kappa shape index (κ3) is 3.28. The van der Waals surface area contributed by atoms with Gasteiger partial charge in [-0.05, 0) is 13.1 Å². The summed E-state index contributed by atoms with van der Waals surface area (Å²) in [5, 5.41) is 3.92. The first kappa shape index (κ1) is 13.1. The van der Waals surface area contributed by atoms with E-state index in [0.29, 0.717) is 11.7 Å². The van der Waals surface area contributed by atoms with Crippen LogP contribution in [0.25, 0.3) is 0 Å². The Hall–Kier alpha value is -0.940. The smallest absolute Gasteiger partial charge is 0.229 e. The highest BCUT2D eigenvalue weighted by molar-refractivity contribution is 4.96. The maximum atomic E-state index is 6.03. The van der Waals surface area contributed by atoms with E-state index in [9.17, 15) is 0 Å². The van der Waals surface area contributed by atoms with Crippen molar-refractivity contribution in [2.75, 3.05) is 19.6 Å². The van der Waals surface area contributed by atoms with E-state index >= 15 is 0 Å². The van der Waals surface area contributed by atoms with Crippen molar-refractivity contribution in [3.63, 3.8) is 0 Å². The lowest BCUT2D eigenvalue weighted by molar-refractivity contribution is 0.277.